The van der Waals surface area contributed by atoms with Crippen LogP contribution in [0.5, 0.6) is 0 Å². The molecule has 90 valence electrons. The summed E-state index contributed by atoms with van der Waals surface area (Å²) in [5.74, 6) is 0. The van der Waals surface area contributed by atoms with Crippen LogP contribution in [-0.4, -0.2) is 14.7 Å². The van der Waals surface area contributed by atoms with E-state index >= 15 is 0 Å². The third-order valence-corrected chi connectivity index (χ3v) is 3.14. The summed E-state index contributed by atoms with van der Waals surface area (Å²) >= 11 is 3.44. The molecule has 1 aromatic heterocycles. The summed E-state index contributed by atoms with van der Waals surface area (Å²) in [7, 11) is 0. The van der Waals surface area contributed by atoms with Gasteiger partial charge in [-0.2, -0.15) is 0 Å². The Labute approximate surface area is 109 Å². The van der Waals surface area contributed by atoms with Crippen molar-refractivity contribution in [1.29, 1.82) is 0 Å². The number of halogens is 1. The number of aliphatic hydroxyl groups excluding tert-OH is 1. The Balaban J connectivity index is 2.32. The zero-order valence-electron chi connectivity index (χ0n) is 9.89. The van der Waals surface area contributed by atoms with Crippen LogP contribution in [-0.2, 0) is 6.54 Å². The molecule has 0 aliphatic carbocycles. The molecule has 17 heavy (non-hydrogen) atoms. The van der Waals surface area contributed by atoms with Crippen molar-refractivity contribution in [2.45, 2.75) is 26.5 Å². The van der Waals surface area contributed by atoms with Crippen molar-refractivity contribution >= 4 is 15.9 Å². The van der Waals surface area contributed by atoms with Crippen LogP contribution in [0.1, 0.15) is 29.8 Å². The first-order valence-electron chi connectivity index (χ1n) is 5.57. The highest BCUT2D eigenvalue weighted by Gasteiger charge is 2.14. The Bertz CT molecular complexity index is 502. The van der Waals surface area contributed by atoms with E-state index in [1.807, 2.05) is 42.8 Å². The predicted molar refractivity (Wildman–Crippen MR) is 70.8 cm³/mol. The maximum Gasteiger partial charge on any atom is 0.123 e. The largest absolute Gasteiger partial charge is 0.382 e. The summed E-state index contributed by atoms with van der Waals surface area (Å²) in [6.07, 6.45) is 2.95. The first-order chi connectivity index (χ1) is 8.10. The van der Waals surface area contributed by atoms with Gasteiger partial charge in [0.2, 0.25) is 0 Å². The maximum atomic E-state index is 10.3. The Hall–Kier alpha value is -1.13. The van der Waals surface area contributed by atoms with Crippen LogP contribution < -0.4 is 0 Å². The van der Waals surface area contributed by atoms with Crippen LogP contribution >= 0.6 is 15.9 Å². The molecule has 1 aromatic carbocycles. The van der Waals surface area contributed by atoms with Crippen molar-refractivity contribution in [2.24, 2.45) is 0 Å². The number of aliphatic hydroxyl groups is 1. The summed E-state index contributed by atoms with van der Waals surface area (Å²) in [5, 5.41) is 10.3. The van der Waals surface area contributed by atoms with Crippen molar-refractivity contribution in [1.82, 2.24) is 9.55 Å². The smallest absolute Gasteiger partial charge is 0.123 e. The highest BCUT2D eigenvalue weighted by atomic mass is 79.9. The SMILES string of the molecule is CCn1cnc(C(O)c2cc(C)cc(Br)c2)c1. The van der Waals surface area contributed by atoms with Crippen molar-refractivity contribution < 1.29 is 5.11 Å². The first kappa shape index (κ1) is 12.3. The molecular weight excluding hydrogens is 280 g/mol. The lowest BCUT2D eigenvalue weighted by atomic mass is 10.0. The first-order valence-corrected chi connectivity index (χ1v) is 6.36. The van der Waals surface area contributed by atoms with E-state index in [9.17, 15) is 5.11 Å². The molecule has 3 nitrogen and oxygen atoms in total. The Morgan fingerprint density at radius 3 is 2.76 bits per heavy atom. The molecule has 0 aliphatic rings. The van der Waals surface area contributed by atoms with E-state index < -0.39 is 6.10 Å². The summed E-state index contributed by atoms with van der Waals surface area (Å²) < 4.78 is 2.92. The van der Waals surface area contributed by atoms with Crippen LogP contribution in [0.15, 0.2) is 35.2 Å². The number of rotatable bonds is 3. The van der Waals surface area contributed by atoms with Gasteiger partial charge in [0.25, 0.3) is 0 Å². The number of nitrogens with zero attached hydrogens (tertiary/aromatic N) is 2. The number of benzene rings is 1. The van der Waals surface area contributed by atoms with Gasteiger partial charge in [-0.15, -0.1) is 0 Å². The summed E-state index contributed by atoms with van der Waals surface area (Å²) in [4.78, 5) is 4.22. The highest BCUT2D eigenvalue weighted by Crippen LogP contribution is 2.24. The second-order valence-electron chi connectivity index (χ2n) is 4.09. The molecule has 2 aromatic rings. The third-order valence-electron chi connectivity index (χ3n) is 2.68. The topological polar surface area (TPSA) is 38.0 Å². The fourth-order valence-electron chi connectivity index (χ4n) is 1.78. The minimum absolute atomic E-state index is 0.668. The van der Waals surface area contributed by atoms with E-state index in [4.69, 9.17) is 0 Å². The van der Waals surface area contributed by atoms with E-state index in [0.717, 1.165) is 22.1 Å². The standard InChI is InChI=1S/C13H15BrN2O/c1-3-16-7-12(15-8-16)13(17)10-4-9(2)5-11(14)6-10/h4-8,13,17H,3H2,1-2H3. The molecule has 0 saturated carbocycles. The molecule has 4 heteroatoms. The van der Waals surface area contributed by atoms with Gasteiger partial charge >= 0.3 is 0 Å². The number of aromatic nitrogens is 2. The molecule has 0 bridgehead atoms. The van der Waals surface area contributed by atoms with Crippen LogP contribution in [0.4, 0.5) is 0 Å². The van der Waals surface area contributed by atoms with Gasteiger partial charge in [-0.3, -0.25) is 0 Å². The van der Waals surface area contributed by atoms with Gasteiger partial charge < -0.3 is 9.67 Å². The quantitative estimate of drug-likeness (QED) is 0.945. The Kier molecular flexibility index (Phi) is 3.64. The molecule has 0 spiro atoms. The van der Waals surface area contributed by atoms with E-state index in [-0.39, 0.29) is 0 Å². The monoisotopic (exact) mass is 294 g/mol. The zero-order valence-corrected chi connectivity index (χ0v) is 11.5. The van der Waals surface area contributed by atoms with Crippen LogP contribution in [0, 0.1) is 6.92 Å². The van der Waals surface area contributed by atoms with E-state index in [1.165, 1.54) is 0 Å². The number of aryl methyl sites for hydroxylation is 2. The van der Waals surface area contributed by atoms with Crippen molar-refractivity contribution in [3.05, 3.63) is 52.0 Å². The fourth-order valence-corrected chi connectivity index (χ4v) is 2.41. The lowest BCUT2D eigenvalue weighted by Gasteiger charge is -2.09. The third kappa shape index (κ3) is 2.76. The molecule has 2 rings (SSSR count). The molecule has 1 N–H and O–H groups in total. The minimum Gasteiger partial charge on any atom is -0.382 e. The average Bonchev–Trinajstić information content (AvgIpc) is 2.75. The predicted octanol–water partition coefficient (Wildman–Crippen LogP) is 3.06. The van der Waals surface area contributed by atoms with Crippen molar-refractivity contribution in [3.63, 3.8) is 0 Å². The molecule has 0 radical (unpaired) electrons. The molecule has 0 amide bonds. The molecule has 0 saturated heterocycles. The van der Waals surface area contributed by atoms with Gasteiger partial charge in [0, 0.05) is 17.2 Å². The van der Waals surface area contributed by atoms with E-state index in [2.05, 4.69) is 20.9 Å². The van der Waals surface area contributed by atoms with Gasteiger partial charge in [-0.25, -0.2) is 4.98 Å². The molecule has 0 fully saturated rings. The summed E-state index contributed by atoms with van der Waals surface area (Å²) in [6.45, 7) is 4.91. The molecule has 1 heterocycles. The Morgan fingerprint density at radius 1 is 1.41 bits per heavy atom. The lowest BCUT2D eigenvalue weighted by Crippen LogP contribution is -2.00. The Morgan fingerprint density at radius 2 is 2.18 bits per heavy atom. The zero-order chi connectivity index (χ0) is 12.4. The molecule has 1 atom stereocenters. The van der Waals surface area contributed by atoms with Crippen molar-refractivity contribution in [2.75, 3.05) is 0 Å². The second-order valence-corrected chi connectivity index (χ2v) is 5.01. The van der Waals surface area contributed by atoms with E-state index in [0.29, 0.717) is 5.69 Å². The average molecular weight is 295 g/mol. The van der Waals surface area contributed by atoms with Gasteiger partial charge in [-0.05, 0) is 37.1 Å². The van der Waals surface area contributed by atoms with E-state index in [1.54, 1.807) is 6.33 Å². The highest BCUT2D eigenvalue weighted by molar-refractivity contribution is 9.10. The summed E-state index contributed by atoms with van der Waals surface area (Å²) in [5.41, 5.74) is 2.66. The number of imidazole rings is 1. The normalized spacial score (nSPS) is 12.7. The fraction of sp³-hybridized carbons (Fsp3) is 0.308. The number of hydrogen-bond donors (Lipinski definition) is 1. The number of hydrogen-bond acceptors (Lipinski definition) is 2. The van der Waals surface area contributed by atoms with Gasteiger partial charge in [0.15, 0.2) is 0 Å². The van der Waals surface area contributed by atoms with Crippen LogP contribution in [0.25, 0.3) is 0 Å². The van der Waals surface area contributed by atoms with Crippen LogP contribution in [0.2, 0.25) is 0 Å². The van der Waals surface area contributed by atoms with Crippen LogP contribution in [0.3, 0.4) is 0 Å². The lowest BCUT2D eigenvalue weighted by molar-refractivity contribution is 0.215. The van der Waals surface area contributed by atoms with Gasteiger partial charge in [-0.1, -0.05) is 22.0 Å². The maximum absolute atomic E-state index is 10.3. The van der Waals surface area contributed by atoms with Gasteiger partial charge in [0.1, 0.15) is 6.10 Å². The minimum atomic E-state index is -0.668. The summed E-state index contributed by atoms with van der Waals surface area (Å²) in [6, 6.07) is 5.91. The molecular formula is C13H15BrN2O. The molecule has 0 aliphatic heterocycles. The second kappa shape index (κ2) is 5.02. The van der Waals surface area contributed by atoms with Crippen molar-refractivity contribution in [3.8, 4) is 0 Å². The molecule has 1 unspecified atom stereocenters. The van der Waals surface area contributed by atoms with Gasteiger partial charge in [0.05, 0.1) is 12.0 Å².